The highest BCUT2D eigenvalue weighted by Gasteiger charge is 2.34. The topological polar surface area (TPSA) is 111 Å². The molecule has 8 nitrogen and oxygen atoms in total. The molecule has 0 amide bonds. The van der Waals surface area contributed by atoms with Gasteiger partial charge in [0.25, 0.3) is 5.69 Å². The third-order valence-electron chi connectivity index (χ3n) is 4.49. The van der Waals surface area contributed by atoms with Crippen molar-refractivity contribution in [1.82, 2.24) is 10.0 Å². The Morgan fingerprint density at radius 2 is 2.04 bits per heavy atom. The van der Waals surface area contributed by atoms with Crippen molar-refractivity contribution in [1.29, 1.82) is 0 Å². The van der Waals surface area contributed by atoms with Gasteiger partial charge in [-0.1, -0.05) is 6.07 Å². The van der Waals surface area contributed by atoms with Gasteiger partial charge in [0.05, 0.1) is 16.4 Å². The van der Waals surface area contributed by atoms with E-state index in [2.05, 4.69) is 10.0 Å². The number of nitrogens with zero attached hydrogens (tertiary/aromatic N) is 1. The zero-order valence-electron chi connectivity index (χ0n) is 13.9. The Labute approximate surface area is 141 Å². The molecule has 0 saturated carbocycles. The van der Waals surface area contributed by atoms with Crippen LogP contribution >= 0.6 is 0 Å². The second-order valence-electron chi connectivity index (χ2n) is 6.16. The van der Waals surface area contributed by atoms with Crippen LogP contribution in [0.1, 0.15) is 18.4 Å². The molecule has 2 N–H and O–H groups in total. The van der Waals surface area contributed by atoms with E-state index >= 15 is 0 Å². The van der Waals surface area contributed by atoms with Gasteiger partial charge in [-0.05, 0) is 38.9 Å². The Bertz CT molecular complexity index is 694. The van der Waals surface area contributed by atoms with Gasteiger partial charge in [0.1, 0.15) is 0 Å². The molecule has 134 valence electrons. The van der Waals surface area contributed by atoms with Gasteiger partial charge < -0.3 is 10.1 Å². The van der Waals surface area contributed by atoms with Crippen LogP contribution < -0.4 is 10.0 Å². The highest BCUT2D eigenvalue weighted by molar-refractivity contribution is 7.89. The average Bonchev–Trinajstić information content (AvgIpc) is 2.54. The molecule has 1 aliphatic rings. The summed E-state index contributed by atoms with van der Waals surface area (Å²) in [6.45, 7) is 3.77. The molecule has 2 rings (SSSR count). The Hall–Kier alpha value is -1.55. The Kier molecular flexibility index (Phi) is 5.92. The first-order valence-electron chi connectivity index (χ1n) is 7.75. The monoisotopic (exact) mass is 357 g/mol. The molecule has 1 saturated heterocycles. The van der Waals surface area contributed by atoms with Gasteiger partial charge in [-0.25, -0.2) is 13.1 Å². The number of hydrogen-bond acceptors (Lipinski definition) is 6. The third-order valence-corrected chi connectivity index (χ3v) is 6.04. The average molecular weight is 357 g/mol. The zero-order valence-corrected chi connectivity index (χ0v) is 14.7. The molecule has 1 fully saturated rings. The van der Waals surface area contributed by atoms with Crippen LogP contribution in [0.4, 0.5) is 5.69 Å². The predicted octanol–water partition coefficient (Wildman–Crippen LogP) is 1.20. The van der Waals surface area contributed by atoms with Crippen LogP contribution in [0.5, 0.6) is 0 Å². The summed E-state index contributed by atoms with van der Waals surface area (Å²) in [5.41, 5.74) is -0.325. The van der Waals surface area contributed by atoms with Crippen LogP contribution in [0.2, 0.25) is 0 Å². The molecule has 0 radical (unpaired) electrons. The summed E-state index contributed by atoms with van der Waals surface area (Å²) in [5.74, 6) is 0. The zero-order chi connectivity index (χ0) is 17.8. The first-order chi connectivity index (χ1) is 11.3. The summed E-state index contributed by atoms with van der Waals surface area (Å²) in [5, 5.41) is 14.3. The Morgan fingerprint density at radius 3 is 2.62 bits per heavy atom. The van der Waals surface area contributed by atoms with Crippen LogP contribution in [0.3, 0.4) is 0 Å². The van der Waals surface area contributed by atoms with Crippen LogP contribution in [0.25, 0.3) is 0 Å². The number of nitro groups is 1. The van der Waals surface area contributed by atoms with Gasteiger partial charge in [0.15, 0.2) is 0 Å². The summed E-state index contributed by atoms with van der Waals surface area (Å²) >= 11 is 0. The molecule has 1 aliphatic heterocycles. The fourth-order valence-corrected chi connectivity index (χ4v) is 4.47. The lowest BCUT2D eigenvalue weighted by Gasteiger charge is -2.37. The Morgan fingerprint density at radius 1 is 1.38 bits per heavy atom. The van der Waals surface area contributed by atoms with Crippen molar-refractivity contribution in [2.75, 3.05) is 33.4 Å². The van der Waals surface area contributed by atoms with Gasteiger partial charge in [0.2, 0.25) is 10.0 Å². The van der Waals surface area contributed by atoms with Crippen molar-refractivity contribution in [2.24, 2.45) is 5.41 Å². The number of piperidine rings is 1. The highest BCUT2D eigenvalue weighted by atomic mass is 32.2. The number of benzene rings is 1. The van der Waals surface area contributed by atoms with Gasteiger partial charge in [-0.2, -0.15) is 0 Å². The van der Waals surface area contributed by atoms with E-state index in [0.717, 1.165) is 25.9 Å². The summed E-state index contributed by atoms with van der Waals surface area (Å²) in [6, 6.07) is 4.07. The molecule has 0 aliphatic carbocycles. The summed E-state index contributed by atoms with van der Waals surface area (Å²) in [7, 11) is -2.23. The first kappa shape index (κ1) is 18.8. The fourth-order valence-electron chi connectivity index (χ4n) is 3.05. The van der Waals surface area contributed by atoms with E-state index in [-0.39, 0.29) is 28.1 Å². The smallest absolute Gasteiger partial charge is 0.273 e. The van der Waals surface area contributed by atoms with Crippen molar-refractivity contribution in [2.45, 2.75) is 24.7 Å². The van der Waals surface area contributed by atoms with Gasteiger partial charge in [-0.3, -0.25) is 10.1 Å². The van der Waals surface area contributed by atoms with Crippen LogP contribution in [-0.2, 0) is 14.8 Å². The van der Waals surface area contributed by atoms with E-state index in [0.29, 0.717) is 6.61 Å². The maximum Gasteiger partial charge on any atom is 0.273 e. The summed E-state index contributed by atoms with van der Waals surface area (Å²) < 4.78 is 33.2. The Balaban J connectivity index is 2.22. The quantitative estimate of drug-likeness (QED) is 0.560. The van der Waals surface area contributed by atoms with Crippen LogP contribution in [-0.4, -0.2) is 46.7 Å². The van der Waals surface area contributed by atoms with E-state index in [1.54, 1.807) is 7.11 Å². The van der Waals surface area contributed by atoms with Gasteiger partial charge in [-0.15, -0.1) is 0 Å². The normalized spacial score (nSPS) is 17.6. The van der Waals surface area contributed by atoms with Crippen molar-refractivity contribution in [3.05, 3.63) is 33.9 Å². The number of ether oxygens (including phenoxy) is 1. The number of nitrogens with one attached hydrogen (secondary N) is 2. The molecular formula is C15H23N3O5S. The first-order valence-corrected chi connectivity index (χ1v) is 9.23. The second-order valence-corrected chi connectivity index (χ2v) is 7.90. The van der Waals surface area contributed by atoms with Crippen LogP contribution in [0.15, 0.2) is 23.1 Å². The SMILES string of the molecule is COCC1(CNS(=O)(=O)c2cccc([N+](=O)[O-])c2C)CCNCC1. The molecule has 0 bridgehead atoms. The number of hydrogen-bond donors (Lipinski definition) is 2. The molecule has 0 aromatic heterocycles. The maximum atomic E-state index is 12.6. The highest BCUT2D eigenvalue weighted by Crippen LogP contribution is 2.30. The minimum atomic E-state index is -3.83. The summed E-state index contributed by atoms with van der Waals surface area (Å²) in [6.07, 6.45) is 1.61. The maximum absolute atomic E-state index is 12.6. The van der Waals surface area contributed by atoms with Crippen LogP contribution in [0, 0.1) is 22.5 Å². The molecular weight excluding hydrogens is 334 g/mol. The number of methoxy groups -OCH3 is 1. The summed E-state index contributed by atoms with van der Waals surface area (Å²) in [4.78, 5) is 10.4. The second kappa shape index (κ2) is 7.56. The molecule has 1 aromatic rings. The molecule has 0 unspecified atom stereocenters. The number of rotatable bonds is 7. The molecule has 24 heavy (non-hydrogen) atoms. The lowest BCUT2D eigenvalue weighted by Crippen LogP contribution is -2.47. The predicted molar refractivity (Wildman–Crippen MR) is 89.4 cm³/mol. The van der Waals surface area contributed by atoms with Crippen molar-refractivity contribution >= 4 is 15.7 Å². The third kappa shape index (κ3) is 4.10. The molecule has 9 heteroatoms. The fraction of sp³-hybridized carbons (Fsp3) is 0.600. The lowest BCUT2D eigenvalue weighted by molar-refractivity contribution is -0.385. The van der Waals surface area contributed by atoms with E-state index < -0.39 is 14.9 Å². The largest absolute Gasteiger partial charge is 0.384 e. The standard InChI is InChI=1S/C15H23N3O5S/c1-12-13(18(19)20)4-3-5-14(12)24(21,22)17-10-15(11-23-2)6-8-16-9-7-15/h3-5,16-17H,6-11H2,1-2H3. The molecule has 1 heterocycles. The van der Waals surface area contributed by atoms with Crippen molar-refractivity contribution < 1.29 is 18.1 Å². The van der Waals surface area contributed by atoms with Gasteiger partial charge in [0, 0.05) is 30.7 Å². The lowest BCUT2D eigenvalue weighted by atomic mass is 9.80. The molecule has 0 spiro atoms. The number of nitro benzene ring substituents is 1. The van der Waals surface area contributed by atoms with E-state index in [9.17, 15) is 18.5 Å². The van der Waals surface area contributed by atoms with Crippen molar-refractivity contribution in [3.63, 3.8) is 0 Å². The minimum Gasteiger partial charge on any atom is -0.384 e. The molecule has 1 aromatic carbocycles. The van der Waals surface area contributed by atoms with Gasteiger partial charge >= 0.3 is 0 Å². The van der Waals surface area contributed by atoms with E-state index in [4.69, 9.17) is 4.74 Å². The van der Waals surface area contributed by atoms with E-state index in [1.165, 1.54) is 25.1 Å². The number of sulfonamides is 1. The van der Waals surface area contributed by atoms with E-state index in [1.807, 2.05) is 0 Å². The molecule has 0 atom stereocenters. The minimum absolute atomic E-state index is 0.0572. The van der Waals surface area contributed by atoms with Crippen molar-refractivity contribution in [3.8, 4) is 0 Å².